The minimum Gasteiger partial charge on any atom is -0.508 e. The molecule has 0 bridgehead atoms. The van der Waals surface area contributed by atoms with Gasteiger partial charge < -0.3 is 15.3 Å². The summed E-state index contributed by atoms with van der Waals surface area (Å²) in [5, 5.41) is 26.2. The van der Waals surface area contributed by atoms with Crippen LogP contribution < -0.4 is 0 Å². The van der Waals surface area contributed by atoms with Gasteiger partial charge in [0.25, 0.3) is 0 Å². The molecule has 1 aliphatic carbocycles. The number of aromatic hydroxyl groups is 1. The van der Waals surface area contributed by atoms with Crippen molar-refractivity contribution in [3.63, 3.8) is 0 Å². The first-order chi connectivity index (χ1) is 8.26. The number of phenolic OH excluding ortho intramolecular Hbond substituents is 1. The SMILES string of the molecule is OCC1CCC(CO)CC1.Oc1ccccc1. The zero-order valence-corrected chi connectivity index (χ0v) is 10.1. The first kappa shape index (κ1) is 14.0. The summed E-state index contributed by atoms with van der Waals surface area (Å²) in [4.78, 5) is 0. The van der Waals surface area contributed by atoms with Crippen LogP contribution in [-0.4, -0.2) is 28.5 Å². The zero-order valence-electron chi connectivity index (χ0n) is 10.1. The minimum absolute atomic E-state index is 0.322. The number of aliphatic hydroxyl groups excluding tert-OH is 2. The molecule has 3 heteroatoms. The fourth-order valence-corrected chi connectivity index (χ4v) is 2.02. The Morgan fingerprint density at radius 2 is 1.24 bits per heavy atom. The van der Waals surface area contributed by atoms with E-state index < -0.39 is 0 Å². The van der Waals surface area contributed by atoms with E-state index in [9.17, 15) is 0 Å². The van der Waals surface area contributed by atoms with E-state index in [1.807, 2.05) is 6.07 Å². The van der Waals surface area contributed by atoms with Gasteiger partial charge in [-0.05, 0) is 49.7 Å². The number of hydrogen-bond acceptors (Lipinski definition) is 3. The van der Waals surface area contributed by atoms with Gasteiger partial charge >= 0.3 is 0 Å². The molecule has 1 saturated carbocycles. The van der Waals surface area contributed by atoms with Crippen LogP contribution in [0.4, 0.5) is 0 Å². The van der Waals surface area contributed by atoms with Crippen LogP contribution in [0.15, 0.2) is 30.3 Å². The Morgan fingerprint density at radius 3 is 1.47 bits per heavy atom. The molecule has 3 nitrogen and oxygen atoms in total. The highest BCUT2D eigenvalue weighted by atomic mass is 16.3. The quantitative estimate of drug-likeness (QED) is 0.740. The van der Waals surface area contributed by atoms with Crippen LogP contribution in [-0.2, 0) is 0 Å². The van der Waals surface area contributed by atoms with E-state index in [0.717, 1.165) is 25.7 Å². The summed E-state index contributed by atoms with van der Waals surface area (Å²) in [6.45, 7) is 0.663. The molecule has 0 amide bonds. The lowest BCUT2D eigenvalue weighted by atomic mass is 9.83. The lowest BCUT2D eigenvalue weighted by Gasteiger charge is -2.25. The predicted octanol–water partition coefficient (Wildman–Crippen LogP) is 2.17. The Labute approximate surface area is 103 Å². The van der Waals surface area contributed by atoms with Crippen molar-refractivity contribution in [3.8, 4) is 5.75 Å². The van der Waals surface area contributed by atoms with E-state index in [4.69, 9.17) is 15.3 Å². The molecule has 1 aromatic carbocycles. The van der Waals surface area contributed by atoms with Gasteiger partial charge in [-0.1, -0.05) is 18.2 Å². The number of aliphatic hydroxyl groups is 2. The third-order valence-corrected chi connectivity index (χ3v) is 3.24. The Bertz CT molecular complexity index is 267. The van der Waals surface area contributed by atoms with Crippen LogP contribution in [0.3, 0.4) is 0 Å². The number of rotatable bonds is 2. The lowest BCUT2D eigenvalue weighted by Crippen LogP contribution is -2.19. The van der Waals surface area contributed by atoms with E-state index in [1.165, 1.54) is 0 Å². The molecule has 0 aromatic heterocycles. The molecule has 0 spiro atoms. The Morgan fingerprint density at radius 1 is 0.824 bits per heavy atom. The van der Waals surface area contributed by atoms with Crippen molar-refractivity contribution in [3.05, 3.63) is 30.3 Å². The molecule has 0 atom stereocenters. The van der Waals surface area contributed by atoms with Crippen molar-refractivity contribution in [2.45, 2.75) is 25.7 Å². The molecule has 17 heavy (non-hydrogen) atoms. The normalized spacial score (nSPS) is 23.6. The van der Waals surface area contributed by atoms with Crippen LogP contribution in [0.1, 0.15) is 25.7 Å². The van der Waals surface area contributed by atoms with Gasteiger partial charge in [-0.15, -0.1) is 0 Å². The van der Waals surface area contributed by atoms with Crippen molar-refractivity contribution in [2.75, 3.05) is 13.2 Å². The molecule has 1 aliphatic rings. The monoisotopic (exact) mass is 238 g/mol. The van der Waals surface area contributed by atoms with Gasteiger partial charge in [0, 0.05) is 13.2 Å². The first-order valence-electron chi connectivity index (χ1n) is 6.22. The van der Waals surface area contributed by atoms with Gasteiger partial charge in [0.1, 0.15) is 5.75 Å². The molecule has 1 aromatic rings. The smallest absolute Gasteiger partial charge is 0.115 e. The highest BCUT2D eigenvalue weighted by molar-refractivity contribution is 5.18. The van der Waals surface area contributed by atoms with Crippen LogP contribution in [0.25, 0.3) is 0 Å². The van der Waals surface area contributed by atoms with Gasteiger partial charge in [0.05, 0.1) is 0 Å². The molecule has 0 radical (unpaired) electrons. The second-order valence-corrected chi connectivity index (χ2v) is 4.59. The maximum atomic E-state index is 8.79. The van der Waals surface area contributed by atoms with E-state index in [1.54, 1.807) is 24.3 Å². The predicted molar refractivity (Wildman–Crippen MR) is 67.7 cm³/mol. The van der Waals surface area contributed by atoms with Crippen LogP contribution in [0.5, 0.6) is 5.75 Å². The largest absolute Gasteiger partial charge is 0.508 e. The number of benzene rings is 1. The van der Waals surface area contributed by atoms with Crippen molar-refractivity contribution in [1.82, 2.24) is 0 Å². The molecular weight excluding hydrogens is 216 g/mol. The molecule has 96 valence electrons. The summed E-state index contributed by atoms with van der Waals surface area (Å²) >= 11 is 0. The molecule has 0 unspecified atom stereocenters. The fourth-order valence-electron chi connectivity index (χ4n) is 2.02. The standard InChI is InChI=1S/C8H16O2.C6H6O/c9-5-7-1-2-8(6-10)4-3-7;7-6-4-2-1-3-5-6/h7-10H,1-6H2;1-5,7H. The molecule has 0 aliphatic heterocycles. The van der Waals surface area contributed by atoms with E-state index >= 15 is 0 Å². The summed E-state index contributed by atoms with van der Waals surface area (Å²) in [7, 11) is 0. The lowest BCUT2D eigenvalue weighted by molar-refractivity contribution is 0.131. The van der Waals surface area contributed by atoms with Crippen LogP contribution in [0.2, 0.25) is 0 Å². The fraction of sp³-hybridized carbons (Fsp3) is 0.571. The van der Waals surface area contributed by atoms with E-state index in [-0.39, 0.29) is 0 Å². The first-order valence-corrected chi connectivity index (χ1v) is 6.22. The molecule has 0 heterocycles. The minimum atomic E-state index is 0.322. The Balaban J connectivity index is 0.000000181. The summed E-state index contributed by atoms with van der Waals surface area (Å²) < 4.78 is 0. The van der Waals surface area contributed by atoms with Gasteiger partial charge in [-0.3, -0.25) is 0 Å². The summed E-state index contributed by atoms with van der Waals surface area (Å²) in [6.07, 6.45) is 4.40. The highest BCUT2D eigenvalue weighted by Crippen LogP contribution is 2.27. The van der Waals surface area contributed by atoms with Crippen molar-refractivity contribution < 1.29 is 15.3 Å². The van der Waals surface area contributed by atoms with Crippen LogP contribution >= 0.6 is 0 Å². The third kappa shape index (κ3) is 5.71. The number of hydrogen-bond donors (Lipinski definition) is 3. The Hall–Kier alpha value is -1.06. The van der Waals surface area contributed by atoms with Crippen molar-refractivity contribution in [1.29, 1.82) is 0 Å². The third-order valence-electron chi connectivity index (χ3n) is 3.24. The van der Waals surface area contributed by atoms with Crippen molar-refractivity contribution in [2.24, 2.45) is 11.8 Å². The van der Waals surface area contributed by atoms with Crippen LogP contribution in [0, 0.1) is 11.8 Å². The summed E-state index contributed by atoms with van der Waals surface area (Å²) in [6, 6.07) is 8.71. The van der Waals surface area contributed by atoms with Gasteiger partial charge in [0.15, 0.2) is 0 Å². The molecular formula is C14H22O3. The topological polar surface area (TPSA) is 60.7 Å². The zero-order chi connectivity index (χ0) is 12.5. The second-order valence-electron chi connectivity index (χ2n) is 4.59. The average Bonchev–Trinajstić information content (AvgIpc) is 2.40. The molecule has 1 fully saturated rings. The molecule has 2 rings (SSSR count). The van der Waals surface area contributed by atoms with E-state index in [2.05, 4.69) is 0 Å². The molecule has 3 N–H and O–H groups in total. The number of phenols is 1. The summed E-state index contributed by atoms with van der Waals surface area (Å²) in [5.41, 5.74) is 0. The van der Waals surface area contributed by atoms with Gasteiger partial charge in [0.2, 0.25) is 0 Å². The maximum absolute atomic E-state index is 8.79. The van der Waals surface area contributed by atoms with Crippen molar-refractivity contribution >= 4 is 0 Å². The van der Waals surface area contributed by atoms with Gasteiger partial charge in [-0.25, -0.2) is 0 Å². The second kappa shape index (κ2) is 8.09. The molecule has 0 saturated heterocycles. The highest BCUT2D eigenvalue weighted by Gasteiger charge is 2.19. The average molecular weight is 238 g/mol. The Kier molecular flexibility index (Phi) is 6.67. The van der Waals surface area contributed by atoms with E-state index in [0.29, 0.717) is 30.8 Å². The number of para-hydroxylation sites is 1. The van der Waals surface area contributed by atoms with Gasteiger partial charge in [-0.2, -0.15) is 0 Å². The maximum Gasteiger partial charge on any atom is 0.115 e. The summed E-state index contributed by atoms with van der Waals surface area (Å²) in [5.74, 6) is 1.35.